The molecule has 2 aliphatic heterocycles. The molecule has 2 aliphatic rings. The highest BCUT2D eigenvalue weighted by Gasteiger charge is 2.33. The third kappa shape index (κ3) is 3.26. The molecule has 2 atom stereocenters. The van der Waals surface area contributed by atoms with E-state index in [1.807, 2.05) is 9.58 Å². The Balaban J connectivity index is 1.66. The van der Waals surface area contributed by atoms with Gasteiger partial charge in [0.1, 0.15) is 12.7 Å². The Morgan fingerprint density at radius 3 is 2.71 bits per heavy atom. The first-order valence-corrected chi connectivity index (χ1v) is 8.12. The van der Waals surface area contributed by atoms with Gasteiger partial charge in [-0.2, -0.15) is 5.10 Å². The molecular weight excluding hydrogens is 266 g/mol. The molecule has 1 amide bonds. The van der Waals surface area contributed by atoms with Crippen LogP contribution >= 0.6 is 0 Å². The Morgan fingerprint density at radius 1 is 1.24 bits per heavy atom. The Labute approximate surface area is 126 Å². The molecule has 0 saturated carbocycles. The highest BCUT2D eigenvalue weighted by Crippen LogP contribution is 2.22. The summed E-state index contributed by atoms with van der Waals surface area (Å²) in [6.07, 6.45) is 9.21. The predicted molar refractivity (Wildman–Crippen MR) is 79.6 cm³/mol. The molecular formula is C15H25N5O. The molecule has 6 heteroatoms. The zero-order valence-electron chi connectivity index (χ0n) is 12.8. The van der Waals surface area contributed by atoms with E-state index in [-0.39, 0.29) is 6.04 Å². The quantitative estimate of drug-likeness (QED) is 0.835. The minimum Gasteiger partial charge on any atom is -0.341 e. The summed E-state index contributed by atoms with van der Waals surface area (Å²) in [5.74, 6) is 0.304. The first-order valence-electron chi connectivity index (χ1n) is 8.12. The van der Waals surface area contributed by atoms with E-state index in [1.165, 1.54) is 12.8 Å². The van der Waals surface area contributed by atoms with Gasteiger partial charge in [0.2, 0.25) is 5.91 Å². The van der Waals surface area contributed by atoms with Crippen molar-refractivity contribution in [1.82, 2.24) is 24.6 Å². The lowest BCUT2D eigenvalue weighted by Gasteiger charge is -2.40. The van der Waals surface area contributed by atoms with Crippen LogP contribution in [-0.4, -0.2) is 62.2 Å². The van der Waals surface area contributed by atoms with Crippen molar-refractivity contribution >= 4 is 5.91 Å². The normalized spacial score (nSPS) is 25.2. The van der Waals surface area contributed by atoms with E-state index in [9.17, 15) is 4.79 Å². The zero-order chi connectivity index (χ0) is 14.7. The molecule has 0 aromatic carbocycles. The maximum Gasteiger partial charge on any atom is 0.239 e. The van der Waals surface area contributed by atoms with Crippen molar-refractivity contribution in [1.29, 1.82) is 0 Å². The van der Waals surface area contributed by atoms with Crippen LogP contribution in [0.5, 0.6) is 0 Å². The van der Waals surface area contributed by atoms with E-state index < -0.39 is 0 Å². The van der Waals surface area contributed by atoms with Crippen molar-refractivity contribution in [2.75, 3.05) is 19.6 Å². The molecule has 0 unspecified atom stereocenters. The average molecular weight is 291 g/mol. The highest BCUT2D eigenvalue weighted by atomic mass is 16.2. The van der Waals surface area contributed by atoms with Crippen LogP contribution in [0.4, 0.5) is 0 Å². The van der Waals surface area contributed by atoms with Crippen molar-refractivity contribution in [2.24, 2.45) is 0 Å². The number of carbonyl (C=O) groups is 1. The molecule has 0 N–H and O–H groups in total. The Bertz CT molecular complexity index is 455. The van der Waals surface area contributed by atoms with Gasteiger partial charge in [-0.3, -0.25) is 14.4 Å². The number of aromatic nitrogens is 3. The van der Waals surface area contributed by atoms with Crippen LogP contribution in [0.25, 0.3) is 0 Å². The Morgan fingerprint density at radius 2 is 2.00 bits per heavy atom. The van der Waals surface area contributed by atoms with Gasteiger partial charge in [-0.05, 0) is 39.2 Å². The van der Waals surface area contributed by atoms with Gasteiger partial charge in [-0.25, -0.2) is 4.98 Å². The number of rotatable bonds is 4. The minimum absolute atomic E-state index is 0.0167. The largest absolute Gasteiger partial charge is 0.341 e. The van der Waals surface area contributed by atoms with E-state index in [2.05, 4.69) is 21.9 Å². The first kappa shape index (κ1) is 14.5. The van der Waals surface area contributed by atoms with Crippen molar-refractivity contribution < 1.29 is 4.79 Å². The number of piperidine rings is 1. The van der Waals surface area contributed by atoms with E-state index in [1.54, 1.807) is 12.7 Å². The summed E-state index contributed by atoms with van der Waals surface area (Å²) >= 11 is 0. The molecule has 3 heterocycles. The second kappa shape index (κ2) is 6.56. The number of nitrogens with zero attached hydrogens (tertiary/aromatic N) is 5. The molecule has 3 rings (SSSR count). The fraction of sp³-hybridized carbons (Fsp3) is 0.800. The lowest BCUT2D eigenvalue weighted by atomic mass is 9.99. The maximum absolute atomic E-state index is 12.6. The Hall–Kier alpha value is -1.43. The molecule has 0 bridgehead atoms. The SMILES string of the molecule is C[C@H](C(=O)N1CCCC1)N1CCCC[C@@H]1Cn1cncn1. The lowest BCUT2D eigenvalue weighted by molar-refractivity contribution is -0.137. The van der Waals surface area contributed by atoms with Gasteiger partial charge in [0.25, 0.3) is 0 Å². The summed E-state index contributed by atoms with van der Waals surface area (Å²) in [4.78, 5) is 21.1. The van der Waals surface area contributed by atoms with Crippen molar-refractivity contribution in [2.45, 2.75) is 57.7 Å². The third-order valence-corrected chi connectivity index (χ3v) is 4.81. The summed E-state index contributed by atoms with van der Waals surface area (Å²) < 4.78 is 1.88. The minimum atomic E-state index is -0.0167. The van der Waals surface area contributed by atoms with Gasteiger partial charge < -0.3 is 4.90 Å². The number of likely N-dealkylation sites (tertiary alicyclic amines) is 2. The zero-order valence-corrected chi connectivity index (χ0v) is 12.8. The second-order valence-electron chi connectivity index (χ2n) is 6.21. The summed E-state index contributed by atoms with van der Waals surface area (Å²) in [5, 5.41) is 4.21. The second-order valence-corrected chi connectivity index (χ2v) is 6.21. The molecule has 0 spiro atoms. The van der Waals surface area contributed by atoms with Gasteiger partial charge in [0.15, 0.2) is 0 Å². The molecule has 2 saturated heterocycles. The van der Waals surface area contributed by atoms with Crippen molar-refractivity contribution in [3.8, 4) is 0 Å². The van der Waals surface area contributed by atoms with Crippen LogP contribution in [0.3, 0.4) is 0 Å². The summed E-state index contributed by atoms with van der Waals surface area (Å²) in [5.41, 5.74) is 0. The van der Waals surface area contributed by atoms with Gasteiger partial charge in [0.05, 0.1) is 12.6 Å². The van der Waals surface area contributed by atoms with E-state index in [0.717, 1.165) is 45.4 Å². The van der Waals surface area contributed by atoms with Crippen LogP contribution in [0.1, 0.15) is 39.0 Å². The van der Waals surface area contributed by atoms with E-state index in [4.69, 9.17) is 0 Å². The highest BCUT2D eigenvalue weighted by molar-refractivity contribution is 5.81. The predicted octanol–water partition coefficient (Wildman–Crippen LogP) is 1.14. The Kier molecular flexibility index (Phi) is 4.53. The number of carbonyl (C=O) groups excluding carboxylic acids is 1. The van der Waals surface area contributed by atoms with Gasteiger partial charge in [-0.15, -0.1) is 0 Å². The lowest BCUT2D eigenvalue weighted by Crippen LogP contribution is -2.53. The molecule has 0 aliphatic carbocycles. The van der Waals surface area contributed by atoms with Gasteiger partial charge in [-0.1, -0.05) is 6.42 Å². The monoisotopic (exact) mass is 291 g/mol. The van der Waals surface area contributed by atoms with Crippen LogP contribution in [0.15, 0.2) is 12.7 Å². The number of amides is 1. The maximum atomic E-state index is 12.6. The average Bonchev–Trinajstić information content (AvgIpc) is 3.19. The molecule has 0 radical (unpaired) electrons. The van der Waals surface area contributed by atoms with Crippen molar-refractivity contribution in [3.05, 3.63) is 12.7 Å². The molecule has 1 aromatic heterocycles. The van der Waals surface area contributed by atoms with Gasteiger partial charge >= 0.3 is 0 Å². The topological polar surface area (TPSA) is 54.3 Å². The van der Waals surface area contributed by atoms with Crippen LogP contribution in [-0.2, 0) is 11.3 Å². The van der Waals surface area contributed by atoms with Gasteiger partial charge in [0, 0.05) is 19.1 Å². The molecule has 6 nitrogen and oxygen atoms in total. The summed E-state index contributed by atoms with van der Waals surface area (Å²) in [6.45, 7) is 5.79. The molecule has 21 heavy (non-hydrogen) atoms. The fourth-order valence-corrected chi connectivity index (χ4v) is 3.62. The summed E-state index contributed by atoms with van der Waals surface area (Å²) in [6, 6.07) is 0.374. The third-order valence-electron chi connectivity index (χ3n) is 4.81. The van der Waals surface area contributed by atoms with Crippen molar-refractivity contribution in [3.63, 3.8) is 0 Å². The standard InChI is InChI=1S/C15H25N5O/c1-13(15(21)18-7-4-5-8-18)20-9-3-2-6-14(20)10-19-12-16-11-17-19/h11-14H,2-10H2,1H3/t13-,14-/m1/s1. The van der Waals surface area contributed by atoms with E-state index in [0.29, 0.717) is 11.9 Å². The summed E-state index contributed by atoms with van der Waals surface area (Å²) in [7, 11) is 0. The number of hydrogen-bond acceptors (Lipinski definition) is 4. The fourth-order valence-electron chi connectivity index (χ4n) is 3.62. The first-order chi connectivity index (χ1) is 10.3. The van der Waals surface area contributed by atoms with Crippen LogP contribution < -0.4 is 0 Å². The number of hydrogen-bond donors (Lipinski definition) is 0. The molecule has 2 fully saturated rings. The van der Waals surface area contributed by atoms with Crippen LogP contribution in [0.2, 0.25) is 0 Å². The molecule has 116 valence electrons. The smallest absolute Gasteiger partial charge is 0.239 e. The van der Waals surface area contributed by atoms with Crippen LogP contribution in [0, 0.1) is 0 Å². The van der Waals surface area contributed by atoms with E-state index >= 15 is 0 Å². The molecule has 1 aromatic rings.